The minimum atomic E-state index is -0.177. The number of fused-ring (bicyclic) bond motifs is 1. The fourth-order valence-corrected chi connectivity index (χ4v) is 3.56. The summed E-state index contributed by atoms with van der Waals surface area (Å²) in [5.41, 5.74) is 3.21. The standard InChI is InChI=1S/C20H18N4O2S/c1-26-11-10-24-9-7-14-12-15(5-6-18(14)24)19(25)23-20-22-17(13-27-20)16-4-2-3-8-21-16/h2-9,12-13H,10-11H2,1H3,(H,22,23,25). The topological polar surface area (TPSA) is 69.0 Å². The number of carbonyl (C=O) groups is 1. The van der Waals surface area contributed by atoms with Gasteiger partial charge in [0.15, 0.2) is 5.13 Å². The molecule has 0 unspecified atom stereocenters. The van der Waals surface area contributed by atoms with E-state index in [1.807, 2.05) is 54.0 Å². The Balaban J connectivity index is 1.51. The van der Waals surface area contributed by atoms with Crippen LogP contribution in [0.15, 0.2) is 60.2 Å². The smallest absolute Gasteiger partial charge is 0.257 e. The molecule has 6 nitrogen and oxygen atoms in total. The number of rotatable bonds is 6. The van der Waals surface area contributed by atoms with Crippen molar-refractivity contribution in [2.45, 2.75) is 6.54 Å². The van der Waals surface area contributed by atoms with Gasteiger partial charge in [0.2, 0.25) is 0 Å². The Bertz CT molecular complexity index is 1070. The van der Waals surface area contributed by atoms with Crippen LogP contribution in [-0.4, -0.2) is 34.2 Å². The van der Waals surface area contributed by atoms with Gasteiger partial charge in [-0.25, -0.2) is 4.98 Å². The van der Waals surface area contributed by atoms with Crippen LogP contribution in [0.4, 0.5) is 5.13 Å². The lowest BCUT2D eigenvalue weighted by Gasteiger charge is -2.06. The van der Waals surface area contributed by atoms with E-state index in [4.69, 9.17) is 4.74 Å². The number of carbonyl (C=O) groups excluding carboxylic acids is 1. The monoisotopic (exact) mass is 378 g/mol. The summed E-state index contributed by atoms with van der Waals surface area (Å²) in [6, 6.07) is 13.3. The van der Waals surface area contributed by atoms with Crippen molar-refractivity contribution in [3.8, 4) is 11.4 Å². The molecule has 1 amide bonds. The second-order valence-electron chi connectivity index (χ2n) is 5.98. The molecule has 3 aromatic heterocycles. The zero-order chi connectivity index (χ0) is 18.6. The first-order valence-electron chi connectivity index (χ1n) is 8.51. The van der Waals surface area contributed by atoms with Crippen LogP contribution < -0.4 is 5.32 Å². The van der Waals surface area contributed by atoms with Crippen LogP contribution in [0, 0.1) is 0 Å². The second kappa shape index (κ2) is 7.69. The van der Waals surface area contributed by atoms with E-state index in [-0.39, 0.29) is 5.91 Å². The van der Waals surface area contributed by atoms with Crippen molar-refractivity contribution in [2.75, 3.05) is 19.0 Å². The van der Waals surface area contributed by atoms with Crippen molar-refractivity contribution in [3.63, 3.8) is 0 Å². The van der Waals surface area contributed by atoms with Gasteiger partial charge in [0.1, 0.15) is 5.69 Å². The normalized spacial score (nSPS) is 11.0. The fraction of sp³-hybridized carbons (Fsp3) is 0.150. The van der Waals surface area contributed by atoms with Crippen molar-refractivity contribution in [3.05, 3.63) is 65.8 Å². The third kappa shape index (κ3) is 3.74. The van der Waals surface area contributed by atoms with E-state index in [0.717, 1.165) is 28.8 Å². The SMILES string of the molecule is COCCn1ccc2cc(C(=O)Nc3nc(-c4ccccn4)cs3)ccc21. The van der Waals surface area contributed by atoms with E-state index in [9.17, 15) is 4.79 Å². The molecule has 7 heteroatoms. The Morgan fingerprint density at radius 2 is 2.15 bits per heavy atom. The van der Waals surface area contributed by atoms with E-state index >= 15 is 0 Å². The fourth-order valence-electron chi connectivity index (χ4n) is 2.86. The third-order valence-electron chi connectivity index (χ3n) is 4.22. The van der Waals surface area contributed by atoms with Crippen molar-refractivity contribution in [1.82, 2.24) is 14.5 Å². The lowest BCUT2D eigenvalue weighted by Crippen LogP contribution is -2.11. The van der Waals surface area contributed by atoms with Crippen LogP contribution in [0.5, 0.6) is 0 Å². The first kappa shape index (κ1) is 17.4. The number of nitrogens with zero attached hydrogens (tertiary/aromatic N) is 3. The van der Waals surface area contributed by atoms with E-state index in [1.165, 1.54) is 11.3 Å². The number of ether oxygens (including phenoxy) is 1. The Labute approximate surface area is 160 Å². The van der Waals surface area contributed by atoms with Gasteiger partial charge in [0.05, 0.1) is 12.3 Å². The van der Waals surface area contributed by atoms with Crippen LogP contribution in [0.2, 0.25) is 0 Å². The zero-order valence-corrected chi connectivity index (χ0v) is 15.6. The van der Waals surface area contributed by atoms with Crippen molar-refractivity contribution in [1.29, 1.82) is 0 Å². The average molecular weight is 378 g/mol. The predicted molar refractivity (Wildman–Crippen MR) is 107 cm³/mol. The Morgan fingerprint density at radius 1 is 1.22 bits per heavy atom. The molecular weight excluding hydrogens is 360 g/mol. The highest BCUT2D eigenvalue weighted by Gasteiger charge is 2.12. The van der Waals surface area contributed by atoms with Gasteiger partial charge >= 0.3 is 0 Å². The molecule has 3 heterocycles. The number of amides is 1. The molecular formula is C20H18N4O2S. The molecule has 4 rings (SSSR count). The van der Waals surface area contributed by atoms with Crippen molar-refractivity contribution in [2.24, 2.45) is 0 Å². The zero-order valence-electron chi connectivity index (χ0n) is 14.8. The number of pyridine rings is 1. The molecule has 0 atom stereocenters. The number of methoxy groups -OCH3 is 1. The number of anilines is 1. The van der Waals surface area contributed by atoms with Crippen LogP contribution >= 0.6 is 11.3 Å². The molecule has 136 valence electrons. The molecule has 27 heavy (non-hydrogen) atoms. The number of nitrogens with one attached hydrogen (secondary N) is 1. The molecule has 1 aromatic carbocycles. The van der Waals surface area contributed by atoms with E-state index in [1.54, 1.807) is 13.3 Å². The van der Waals surface area contributed by atoms with Gasteiger partial charge in [-0.05, 0) is 36.4 Å². The molecule has 0 radical (unpaired) electrons. The number of hydrogen-bond acceptors (Lipinski definition) is 5. The van der Waals surface area contributed by atoms with Crippen molar-refractivity contribution < 1.29 is 9.53 Å². The number of hydrogen-bond donors (Lipinski definition) is 1. The molecule has 1 N–H and O–H groups in total. The number of aromatic nitrogens is 3. The largest absolute Gasteiger partial charge is 0.383 e. The summed E-state index contributed by atoms with van der Waals surface area (Å²) in [5, 5.41) is 6.33. The summed E-state index contributed by atoms with van der Waals surface area (Å²) in [6.45, 7) is 1.43. The van der Waals surface area contributed by atoms with Gasteiger partial charge in [0, 0.05) is 47.9 Å². The van der Waals surface area contributed by atoms with E-state index in [0.29, 0.717) is 17.3 Å². The minimum Gasteiger partial charge on any atom is -0.383 e. The quantitative estimate of drug-likeness (QED) is 0.549. The highest BCUT2D eigenvalue weighted by Crippen LogP contribution is 2.24. The summed E-state index contributed by atoms with van der Waals surface area (Å²) in [6.07, 6.45) is 3.73. The number of benzene rings is 1. The molecule has 0 fully saturated rings. The molecule has 0 saturated heterocycles. The van der Waals surface area contributed by atoms with E-state index < -0.39 is 0 Å². The van der Waals surface area contributed by atoms with Gasteiger partial charge in [0.25, 0.3) is 5.91 Å². The van der Waals surface area contributed by atoms with Crippen LogP contribution in [-0.2, 0) is 11.3 Å². The molecule has 0 aliphatic carbocycles. The molecule has 0 aliphatic heterocycles. The summed E-state index contributed by atoms with van der Waals surface area (Å²) in [4.78, 5) is 21.3. The minimum absolute atomic E-state index is 0.177. The summed E-state index contributed by atoms with van der Waals surface area (Å²) in [5.74, 6) is -0.177. The highest BCUT2D eigenvalue weighted by atomic mass is 32.1. The Morgan fingerprint density at radius 3 is 2.96 bits per heavy atom. The lowest BCUT2D eigenvalue weighted by atomic mass is 10.1. The highest BCUT2D eigenvalue weighted by molar-refractivity contribution is 7.14. The van der Waals surface area contributed by atoms with E-state index in [2.05, 4.69) is 19.9 Å². The Hall–Kier alpha value is -3.03. The van der Waals surface area contributed by atoms with Gasteiger partial charge in [-0.2, -0.15) is 0 Å². The molecule has 0 aliphatic rings. The van der Waals surface area contributed by atoms with Gasteiger partial charge in [-0.15, -0.1) is 11.3 Å². The predicted octanol–water partition coefficient (Wildman–Crippen LogP) is 4.06. The second-order valence-corrected chi connectivity index (χ2v) is 6.84. The molecule has 0 saturated carbocycles. The summed E-state index contributed by atoms with van der Waals surface area (Å²) in [7, 11) is 1.69. The van der Waals surface area contributed by atoms with Crippen molar-refractivity contribution >= 4 is 33.3 Å². The third-order valence-corrected chi connectivity index (χ3v) is 4.98. The van der Waals surface area contributed by atoms with Gasteiger partial charge < -0.3 is 9.30 Å². The number of thiazole rings is 1. The Kier molecular flexibility index (Phi) is 4.95. The van der Waals surface area contributed by atoms with Crippen LogP contribution in [0.3, 0.4) is 0 Å². The summed E-state index contributed by atoms with van der Waals surface area (Å²) < 4.78 is 7.24. The van der Waals surface area contributed by atoms with Crippen LogP contribution in [0.1, 0.15) is 10.4 Å². The molecule has 4 aromatic rings. The maximum absolute atomic E-state index is 12.6. The molecule has 0 bridgehead atoms. The maximum Gasteiger partial charge on any atom is 0.257 e. The average Bonchev–Trinajstić information content (AvgIpc) is 3.33. The summed E-state index contributed by atoms with van der Waals surface area (Å²) >= 11 is 1.38. The molecule has 0 spiro atoms. The van der Waals surface area contributed by atoms with Crippen LogP contribution in [0.25, 0.3) is 22.3 Å². The lowest BCUT2D eigenvalue weighted by molar-refractivity contribution is 0.102. The maximum atomic E-state index is 12.6. The van der Waals surface area contributed by atoms with Gasteiger partial charge in [-0.1, -0.05) is 6.07 Å². The first-order valence-corrected chi connectivity index (χ1v) is 9.38. The van der Waals surface area contributed by atoms with Gasteiger partial charge in [-0.3, -0.25) is 15.1 Å². The first-order chi connectivity index (χ1) is 13.2.